The number of esters is 1. The Hall–Kier alpha value is -2.28. The minimum atomic E-state index is -0.926. The number of ether oxygens (including phenoxy) is 1. The first-order valence-electron chi connectivity index (χ1n) is 9.30. The van der Waals surface area contributed by atoms with Gasteiger partial charge in [0.15, 0.2) is 0 Å². The van der Waals surface area contributed by atoms with Gasteiger partial charge in [0.1, 0.15) is 6.04 Å². The normalized spacial score (nSPS) is 20.3. The number of anilines is 1. The molecular formula is C20H24N2O4S. The van der Waals surface area contributed by atoms with E-state index in [9.17, 15) is 14.4 Å². The van der Waals surface area contributed by atoms with E-state index in [1.54, 1.807) is 13.0 Å². The Morgan fingerprint density at radius 1 is 1.19 bits per heavy atom. The van der Waals surface area contributed by atoms with Crippen LogP contribution in [0.15, 0.2) is 29.2 Å². The summed E-state index contributed by atoms with van der Waals surface area (Å²) in [6.07, 6.45) is 5.42. The van der Waals surface area contributed by atoms with Crippen molar-refractivity contribution in [1.82, 2.24) is 4.90 Å². The van der Waals surface area contributed by atoms with Crippen molar-refractivity contribution in [2.45, 2.75) is 39.2 Å². The quantitative estimate of drug-likeness (QED) is 0.566. The van der Waals surface area contributed by atoms with Gasteiger partial charge in [-0.1, -0.05) is 12.1 Å². The monoisotopic (exact) mass is 388 g/mol. The smallest absolute Gasteiger partial charge is 0.329 e. The summed E-state index contributed by atoms with van der Waals surface area (Å²) in [4.78, 5) is 40.3. The zero-order valence-electron chi connectivity index (χ0n) is 15.6. The second kappa shape index (κ2) is 8.61. The topological polar surface area (TPSA) is 66.9 Å². The maximum absolute atomic E-state index is 12.6. The van der Waals surface area contributed by atoms with E-state index < -0.39 is 23.2 Å². The van der Waals surface area contributed by atoms with Crippen molar-refractivity contribution in [3.8, 4) is 0 Å². The van der Waals surface area contributed by atoms with E-state index in [4.69, 9.17) is 4.74 Å². The Bertz CT molecular complexity index is 754. The number of imide groups is 1. The summed E-state index contributed by atoms with van der Waals surface area (Å²) < 4.78 is 4.92. The molecule has 2 fully saturated rings. The number of carbonyl (C=O) groups is 3. The van der Waals surface area contributed by atoms with Gasteiger partial charge in [0, 0.05) is 18.8 Å². The molecule has 1 aromatic rings. The van der Waals surface area contributed by atoms with Crippen molar-refractivity contribution in [2.24, 2.45) is 0 Å². The van der Waals surface area contributed by atoms with Gasteiger partial charge in [-0.3, -0.25) is 14.5 Å². The number of benzene rings is 1. The van der Waals surface area contributed by atoms with Gasteiger partial charge < -0.3 is 9.64 Å². The third kappa shape index (κ3) is 4.35. The molecular weight excluding hydrogens is 364 g/mol. The van der Waals surface area contributed by atoms with Crippen LogP contribution in [0.2, 0.25) is 0 Å². The maximum Gasteiger partial charge on any atom is 0.329 e. The Balaban J connectivity index is 1.72. The molecule has 0 unspecified atom stereocenters. The van der Waals surface area contributed by atoms with Crippen LogP contribution in [0.5, 0.6) is 0 Å². The van der Waals surface area contributed by atoms with Crippen molar-refractivity contribution >= 4 is 40.6 Å². The molecule has 6 nitrogen and oxygen atoms in total. The molecule has 2 saturated heterocycles. The molecule has 27 heavy (non-hydrogen) atoms. The zero-order chi connectivity index (χ0) is 19.4. The van der Waals surface area contributed by atoms with E-state index in [0.29, 0.717) is 4.91 Å². The first kappa shape index (κ1) is 19.5. The molecule has 7 heteroatoms. The number of hydrogen-bond donors (Lipinski definition) is 0. The van der Waals surface area contributed by atoms with E-state index in [0.717, 1.165) is 35.3 Å². The number of amides is 2. The Morgan fingerprint density at radius 3 is 2.48 bits per heavy atom. The number of nitrogens with zero attached hydrogens (tertiary/aromatic N) is 2. The highest BCUT2D eigenvalue weighted by molar-refractivity contribution is 8.18. The van der Waals surface area contributed by atoms with E-state index in [1.807, 2.05) is 24.3 Å². The van der Waals surface area contributed by atoms with Gasteiger partial charge in [0.2, 0.25) is 0 Å². The van der Waals surface area contributed by atoms with Crippen molar-refractivity contribution in [3.05, 3.63) is 34.7 Å². The standard InChI is InChI=1S/C20H24N2O4S/c1-3-26-19(24)14(2)22-18(23)17(27-20(22)25)13-15-7-9-16(10-8-15)21-11-5-4-6-12-21/h7-10,13-14H,3-6,11-12H2,1-2H3/b17-13-/t14-/m0/s1. The summed E-state index contributed by atoms with van der Waals surface area (Å²) in [5.74, 6) is -1.03. The molecule has 0 spiro atoms. The summed E-state index contributed by atoms with van der Waals surface area (Å²) in [6.45, 7) is 5.54. The molecule has 0 N–H and O–H groups in total. The fraction of sp³-hybridized carbons (Fsp3) is 0.450. The molecule has 0 aromatic heterocycles. The Morgan fingerprint density at radius 2 is 1.85 bits per heavy atom. The molecule has 1 atom stereocenters. The lowest BCUT2D eigenvalue weighted by Crippen LogP contribution is -2.42. The molecule has 2 aliphatic heterocycles. The predicted molar refractivity (Wildman–Crippen MR) is 106 cm³/mol. The fourth-order valence-electron chi connectivity index (χ4n) is 3.27. The first-order chi connectivity index (χ1) is 13.0. The highest BCUT2D eigenvalue weighted by Crippen LogP contribution is 2.34. The SMILES string of the molecule is CCOC(=O)[C@H](C)N1C(=O)S/C(=C\c2ccc(N3CCCCC3)cc2)C1=O. The molecule has 2 heterocycles. The zero-order valence-corrected chi connectivity index (χ0v) is 16.5. The molecule has 0 bridgehead atoms. The van der Waals surface area contributed by atoms with Crippen molar-refractivity contribution in [3.63, 3.8) is 0 Å². The average molecular weight is 388 g/mol. The highest BCUT2D eigenvalue weighted by Gasteiger charge is 2.41. The van der Waals surface area contributed by atoms with Crippen LogP contribution in [0.25, 0.3) is 6.08 Å². The number of piperidine rings is 1. The summed E-state index contributed by atoms with van der Waals surface area (Å²) in [5, 5.41) is -0.447. The third-order valence-electron chi connectivity index (χ3n) is 4.75. The van der Waals surface area contributed by atoms with Crippen molar-refractivity contribution in [1.29, 1.82) is 0 Å². The Labute approximate surface area is 163 Å². The summed E-state index contributed by atoms with van der Waals surface area (Å²) in [5.41, 5.74) is 2.03. The molecule has 3 rings (SSSR count). The summed E-state index contributed by atoms with van der Waals surface area (Å²) in [7, 11) is 0. The summed E-state index contributed by atoms with van der Waals surface area (Å²) >= 11 is 0.853. The van der Waals surface area contributed by atoms with E-state index in [1.165, 1.54) is 31.9 Å². The number of hydrogen-bond acceptors (Lipinski definition) is 6. The second-order valence-electron chi connectivity index (χ2n) is 6.62. The largest absolute Gasteiger partial charge is 0.464 e. The molecule has 2 amide bonds. The first-order valence-corrected chi connectivity index (χ1v) is 10.1. The third-order valence-corrected chi connectivity index (χ3v) is 5.63. The number of carbonyl (C=O) groups excluding carboxylic acids is 3. The highest BCUT2D eigenvalue weighted by atomic mass is 32.2. The van der Waals surface area contributed by atoms with Crippen LogP contribution in [0.1, 0.15) is 38.7 Å². The van der Waals surface area contributed by atoms with Crippen LogP contribution in [0, 0.1) is 0 Å². The van der Waals surface area contributed by atoms with Crippen molar-refractivity contribution in [2.75, 3.05) is 24.6 Å². The molecule has 1 aromatic carbocycles. The van der Waals surface area contributed by atoms with Gasteiger partial charge in [0.05, 0.1) is 11.5 Å². The fourth-order valence-corrected chi connectivity index (χ4v) is 4.18. The van der Waals surface area contributed by atoms with Gasteiger partial charge in [-0.2, -0.15) is 0 Å². The minimum absolute atomic E-state index is 0.207. The lowest BCUT2D eigenvalue weighted by molar-refractivity contribution is -0.150. The van der Waals surface area contributed by atoms with Crippen LogP contribution in [-0.4, -0.2) is 47.8 Å². The molecule has 144 valence electrons. The Kier molecular flexibility index (Phi) is 6.21. The van der Waals surface area contributed by atoms with Crippen LogP contribution in [0.3, 0.4) is 0 Å². The number of rotatable bonds is 5. The van der Waals surface area contributed by atoms with Gasteiger partial charge in [-0.05, 0) is 68.6 Å². The van der Waals surface area contributed by atoms with Crippen LogP contribution in [0.4, 0.5) is 10.5 Å². The maximum atomic E-state index is 12.6. The van der Waals surface area contributed by atoms with Crippen LogP contribution in [-0.2, 0) is 14.3 Å². The average Bonchev–Trinajstić information content (AvgIpc) is 2.96. The predicted octanol–water partition coefficient (Wildman–Crippen LogP) is 3.66. The van der Waals surface area contributed by atoms with Gasteiger partial charge in [-0.15, -0.1) is 0 Å². The summed E-state index contributed by atoms with van der Waals surface area (Å²) in [6, 6.07) is 7.06. The van der Waals surface area contributed by atoms with Crippen molar-refractivity contribution < 1.29 is 19.1 Å². The van der Waals surface area contributed by atoms with E-state index in [2.05, 4.69) is 4.90 Å². The molecule has 0 aliphatic carbocycles. The van der Waals surface area contributed by atoms with Crippen LogP contribution < -0.4 is 4.90 Å². The van der Waals surface area contributed by atoms with E-state index >= 15 is 0 Å². The minimum Gasteiger partial charge on any atom is -0.464 e. The lowest BCUT2D eigenvalue weighted by Gasteiger charge is -2.28. The van der Waals surface area contributed by atoms with Gasteiger partial charge in [-0.25, -0.2) is 4.79 Å². The van der Waals surface area contributed by atoms with Gasteiger partial charge >= 0.3 is 5.97 Å². The molecule has 2 aliphatic rings. The van der Waals surface area contributed by atoms with Crippen LogP contribution >= 0.6 is 11.8 Å². The molecule has 0 radical (unpaired) electrons. The lowest BCUT2D eigenvalue weighted by atomic mass is 10.1. The number of thioether (sulfide) groups is 1. The second-order valence-corrected chi connectivity index (χ2v) is 7.61. The van der Waals surface area contributed by atoms with E-state index in [-0.39, 0.29) is 6.61 Å². The molecule has 0 saturated carbocycles. The van der Waals surface area contributed by atoms with Gasteiger partial charge in [0.25, 0.3) is 11.1 Å².